The van der Waals surface area contributed by atoms with E-state index in [1.165, 1.54) is 7.11 Å². The highest BCUT2D eigenvalue weighted by Crippen LogP contribution is 2.40. The first-order chi connectivity index (χ1) is 30.7. The summed E-state index contributed by atoms with van der Waals surface area (Å²) in [5, 5.41) is 21.9. The number of methoxy groups -OCH3 is 3. The molecule has 1 aliphatic carbocycles. The summed E-state index contributed by atoms with van der Waals surface area (Å²) in [7, 11) is 4.47. The first-order valence-corrected chi connectivity index (χ1v) is 23.9. The molecule has 3 aliphatic heterocycles. The molecule has 4 aliphatic rings. The molecule has 65 heavy (non-hydrogen) atoms. The molecular formula is C51H78FNO12. The molecule has 3 unspecified atom stereocenters. The van der Waals surface area contributed by atoms with Gasteiger partial charge in [-0.3, -0.25) is 19.2 Å². The van der Waals surface area contributed by atoms with Crippen molar-refractivity contribution in [2.75, 3.05) is 27.9 Å². The molecule has 366 valence electrons. The van der Waals surface area contributed by atoms with Crippen LogP contribution in [0.3, 0.4) is 0 Å². The maximum Gasteiger partial charge on any atom is 0.329 e. The summed E-state index contributed by atoms with van der Waals surface area (Å²) < 4.78 is 46.1. The molecule has 2 bridgehead atoms. The zero-order valence-corrected chi connectivity index (χ0v) is 40.5. The number of hydrogen-bond donors (Lipinski definition) is 2. The van der Waals surface area contributed by atoms with Crippen LogP contribution in [0.1, 0.15) is 126 Å². The van der Waals surface area contributed by atoms with Gasteiger partial charge in [0, 0.05) is 58.5 Å². The molecular weight excluding hydrogens is 838 g/mol. The second kappa shape index (κ2) is 25.1. The van der Waals surface area contributed by atoms with Crippen LogP contribution in [0.15, 0.2) is 47.6 Å². The number of alkyl halides is 1. The van der Waals surface area contributed by atoms with Gasteiger partial charge in [0.25, 0.3) is 17.5 Å². The second-order valence-corrected chi connectivity index (χ2v) is 19.5. The Morgan fingerprint density at radius 3 is 2.26 bits per heavy atom. The van der Waals surface area contributed by atoms with Crippen LogP contribution in [0.4, 0.5) is 4.39 Å². The number of carbonyl (C=O) groups excluding carboxylic acids is 5. The SMILES string of the molecule is CO[C@H]1C[C@@H]2CC[C@@H](C)C(F)(O2)C(=O)C(=O)N2CCCCC2C(=O)O[C@H]([C@H](C)CC2CC[C@@H](O)[C@H](OC)C2)CC(=O)[C@H](C)/C=C(\C)[C@@H](O)[C@@H](OC)C(=O)[C@H](C)C[C@H](C)/C=C/C=CC=C1C. The van der Waals surface area contributed by atoms with Crippen molar-refractivity contribution in [3.05, 3.63) is 47.6 Å². The largest absolute Gasteiger partial charge is 0.460 e. The fraction of sp³-hybridized carbons (Fsp3) is 0.745. The van der Waals surface area contributed by atoms with Crippen molar-refractivity contribution in [2.45, 2.75) is 180 Å². The quantitative estimate of drug-likeness (QED) is 0.157. The molecule has 4 rings (SSSR count). The van der Waals surface area contributed by atoms with Crippen LogP contribution in [0.5, 0.6) is 0 Å². The number of halogens is 1. The smallest absolute Gasteiger partial charge is 0.329 e. The summed E-state index contributed by atoms with van der Waals surface area (Å²) in [5.74, 6) is -9.16. The van der Waals surface area contributed by atoms with Gasteiger partial charge in [-0.15, -0.1) is 0 Å². The third kappa shape index (κ3) is 14.3. The van der Waals surface area contributed by atoms with E-state index in [4.69, 9.17) is 23.7 Å². The fourth-order valence-electron chi connectivity index (χ4n) is 10.1. The van der Waals surface area contributed by atoms with Crippen molar-refractivity contribution in [2.24, 2.45) is 35.5 Å². The van der Waals surface area contributed by atoms with Crippen molar-refractivity contribution in [1.29, 1.82) is 0 Å². The molecule has 2 saturated heterocycles. The van der Waals surface area contributed by atoms with Crippen LogP contribution in [-0.4, -0.2) is 127 Å². The average Bonchev–Trinajstić information content (AvgIpc) is 3.28. The normalized spacial score (nSPS) is 39.1. The number of Topliss-reactive ketones (excluding diaryl/α,β-unsaturated/α-hetero) is 3. The monoisotopic (exact) mass is 916 g/mol. The number of ketones is 3. The van der Waals surface area contributed by atoms with Crippen molar-refractivity contribution in [3.63, 3.8) is 0 Å². The molecule has 14 heteroatoms. The molecule has 1 saturated carbocycles. The number of rotatable bonds is 6. The van der Waals surface area contributed by atoms with E-state index in [9.17, 15) is 34.2 Å². The molecule has 1 amide bonds. The van der Waals surface area contributed by atoms with Gasteiger partial charge in [0.05, 0.1) is 24.4 Å². The van der Waals surface area contributed by atoms with Gasteiger partial charge in [-0.05, 0) is 107 Å². The summed E-state index contributed by atoms with van der Waals surface area (Å²) in [4.78, 5) is 71.4. The van der Waals surface area contributed by atoms with Crippen molar-refractivity contribution in [1.82, 2.24) is 4.90 Å². The van der Waals surface area contributed by atoms with E-state index in [-0.39, 0.29) is 67.7 Å². The number of aliphatic hydroxyl groups excluding tert-OH is 2. The Bertz CT molecular complexity index is 1760. The lowest BCUT2D eigenvalue weighted by molar-refractivity contribution is -0.231. The average molecular weight is 916 g/mol. The summed E-state index contributed by atoms with van der Waals surface area (Å²) in [6, 6.07) is -1.20. The maximum atomic E-state index is 17.1. The number of nitrogens with zero attached hydrogens (tertiary/aromatic N) is 1. The zero-order chi connectivity index (χ0) is 48.2. The van der Waals surface area contributed by atoms with E-state index in [2.05, 4.69) is 0 Å². The topological polar surface area (TPSA) is 175 Å². The standard InChI is InChI=1S/C51H78FNO12/c1-30-16-12-11-13-17-31(2)42(61-8)28-38-21-19-36(7)51(52,65-38)48(58)49(59)53-23-15-14-18-39(53)50(60)64-43(33(4)26-37-20-22-40(54)44(27-37)62-9)29-41(55)32(3)25-35(6)46(57)47(63-10)45(56)34(5)24-30/h11-13,16-17,25,30,32-34,36-40,42-44,46-47,54,57H,14-15,18-24,26-29H2,1-10H3/b13-11?,16-12+,31-17?,35-25+/t30-,32-,33-,34-,36-,37?,38+,39?,40-,42+,43+,44-,46-,47+,51?/m1/s1. The summed E-state index contributed by atoms with van der Waals surface area (Å²) in [5.41, 5.74) is 1.22. The van der Waals surface area contributed by atoms with E-state index in [1.54, 1.807) is 48.0 Å². The number of ether oxygens (including phenoxy) is 5. The lowest BCUT2D eigenvalue weighted by atomic mass is 9.78. The van der Waals surface area contributed by atoms with Gasteiger partial charge in [0.2, 0.25) is 0 Å². The number of piperidine rings is 1. The zero-order valence-electron chi connectivity index (χ0n) is 40.5. The number of hydrogen-bond acceptors (Lipinski definition) is 12. The summed E-state index contributed by atoms with van der Waals surface area (Å²) >= 11 is 0. The number of amides is 1. The van der Waals surface area contributed by atoms with Crippen LogP contribution in [-0.2, 0) is 47.7 Å². The van der Waals surface area contributed by atoms with Gasteiger partial charge in [0.15, 0.2) is 5.78 Å². The molecule has 3 heterocycles. The Balaban J connectivity index is 1.70. The number of allylic oxidation sites excluding steroid dienone is 6. The van der Waals surface area contributed by atoms with E-state index in [0.717, 1.165) is 10.5 Å². The second-order valence-electron chi connectivity index (χ2n) is 19.5. The van der Waals surface area contributed by atoms with Crippen LogP contribution < -0.4 is 0 Å². The molecule has 0 aromatic heterocycles. The third-order valence-corrected chi connectivity index (χ3v) is 14.4. The molecule has 2 N–H and O–H groups in total. The van der Waals surface area contributed by atoms with E-state index in [0.29, 0.717) is 56.9 Å². The van der Waals surface area contributed by atoms with Crippen molar-refractivity contribution < 1.29 is 62.3 Å². The first kappa shape index (κ1) is 54.2. The number of aliphatic hydroxyl groups is 2. The van der Waals surface area contributed by atoms with Gasteiger partial charge in [0.1, 0.15) is 30.1 Å². The Hall–Kier alpha value is -3.40. The van der Waals surface area contributed by atoms with Gasteiger partial charge >= 0.3 is 5.97 Å². The third-order valence-electron chi connectivity index (χ3n) is 14.4. The molecule has 15 atom stereocenters. The van der Waals surface area contributed by atoms with Gasteiger partial charge in [-0.25, -0.2) is 9.18 Å². The Kier molecular flexibility index (Phi) is 20.9. The van der Waals surface area contributed by atoms with Crippen molar-refractivity contribution >= 4 is 29.2 Å². The number of carbonyl (C=O) groups is 5. The first-order valence-electron chi connectivity index (χ1n) is 23.9. The highest BCUT2D eigenvalue weighted by molar-refractivity contribution is 6.39. The van der Waals surface area contributed by atoms with E-state index in [1.807, 2.05) is 51.2 Å². The molecule has 3 fully saturated rings. The number of cyclic esters (lactones) is 1. The summed E-state index contributed by atoms with van der Waals surface area (Å²) in [6.45, 7) is 12.5. The van der Waals surface area contributed by atoms with Crippen LogP contribution in [0.25, 0.3) is 0 Å². The lowest BCUT2D eigenvalue weighted by Crippen LogP contribution is -2.59. The Morgan fingerprint density at radius 1 is 0.862 bits per heavy atom. The minimum Gasteiger partial charge on any atom is -0.460 e. The molecule has 13 nitrogen and oxygen atoms in total. The number of fused-ring (bicyclic) bond motifs is 3. The van der Waals surface area contributed by atoms with Gasteiger partial charge in [-0.2, -0.15) is 0 Å². The maximum absolute atomic E-state index is 17.1. The highest BCUT2D eigenvalue weighted by Gasteiger charge is 2.55. The van der Waals surface area contributed by atoms with E-state index >= 15 is 4.39 Å². The van der Waals surface area contributed by atoms with Crippen LogP contribution >= 0.6 is 0 Å². The molecule has 0 aromatic carbocycles. The molecule has 0 radical (unpaired) electrons. The highest BCUT2D eigenvalue weighted by atomic mass is 19.2. The molecule has 0 aromatic rings. The molecule has 0 spiro atoms. The minimum absolute atomic E-state index is 0.00748. The van der Waals surface area contributed by atoms with Crippen LogP contribution in [0, 0.1) is 35.5 Å². The fourth-order valence-corrected chi connectivity index (χ4v) is 10.1. The van der Waals surface area contributed by atoms with Crippen molar-refractivity contribution in [3.8, 4) is 0 Å². The van der Waals surface area contributed by atoms with Gasteiger partial charge < -0.3 is 38.8 Å². The predicted molar refractivity (Wildman–Crippen MR) is 244 cm³/mol. The van der Waals surface area contributed by atoms with Crippen LogP contribution in [0.2, 0.25) is 0 Å². The summed E-state index contributed by atoms with van der Waals surface area (Å²) in [6.07, 6.45) is 10.3. The predicted octanol–water partition coefficient (Wildman–Crippen LogP) is 7.16. The lowest BCUT2D eigenvalue weighted by Gasteiger charge is -2.41. The van der Waals surface area contributed by atoms with E-state index < -0.39 is 83.9 Å². The Morgan fingerprint density at radius 2 is 1.58 bits per heavy atom. The minimum atomic E-state index is -2.93. The van der Waals surface area contributed by atoms with Gasteiger partial charge in [-0.1, -0.05) is 71.1 Å². The Labute approximate surface area is 386 Å². The number of esters is 1.